The molecule has 5 rings (SSSR count). The molecule has 0 unspecified atom stereocenters. The van der Waals surface area contributed by atoms with E-state index in [2.05, 4.69) is 75.9 Å². The SMILES string of the molecule is CC(C)CCC[C@H](C)[C@H]1CC[C@H]2[C@H]3C(=O)N(Cc4ccccc4)C4=CCCC[C@@]4(C)[C@@H]3CC[C@]12C. The fraction of sp³-hybridized carbons (Fsp3) is 0.727. The van der Waals surface area contributed by atoms with Crippen LogP contribution in [0.1, 0.15) is 104 Å². The van der Waals surface area contributed by atoms with Gasteiger partial charge in [0.15, 0.2) is 0 Å². The van der Waals surface area contributed by atoms with Crippen LogP contribution in [0.5, 0.6) is 0 Å². The normalized spacial score (nSPS) is 37.5. The van der Waals surface area contributed by atoms with Crippen molar-refractivity contribution in [2.45, 2.75) is 105 Å². The summed E-state index contributed by atoms with van der Waals surface area (Å²) >= 11 is 0. The lowest BCUT2D eigenvalue weighted by Crippen LogP contribution is -2.60. The largest absolute Gasteiger partial charge is 0.311 e. The van der Waals surface area contributed by atoms with Gasteiger partial charge >= 0.3 is 0 Å². The molecule has 1 aromatic rings. The highest BCUT2D eigenvalue weighted by molar-refractivity contribution is 5.83. The van der Waals surface area contributed by atoms with Crippen LogP contribution < -0.4 is 0 Å². The summed E-state index contributed by atoms with van der Waals surface area (Å²) in [6.45, 7) is 13.1. The Morgan fingerprint density at radius 1 is 0.971 bits per heavy atom. The van der Waals surface area contributed by atoms with Crippen LogP contribution in [0.2, 0.25) is 0 Å². The van der Waals surface area contributed by atoms with Crippen molar-refractivity contribution in [2.24, 2.45) is 46.3 Å². The average Bonchev–Trinajstić information content (AvgIpc) is 3.19. The van der Waals surface area contributed by atoms with E-state index < -0.39 is 0 Å². The molecule has 4 aliphatic rings. The second-order valence-electron chi connectivity index (χ2n) is 13.6. The summed E-state index contributed by atoms with van der Waals surface area (Å²) in [7, 11) is 0. The van der Waals surface area contributed by atoms with E-state index >= 15 is 0 Å². The standard InChI is InChI=1S/C33H49NO/c1-23(2)12-11-13-24(3)26-17-18-27-30-28(19-21-32(26,27)4)33(5)20-10-9-16-29(33)34(31(30)35)22-25-14-7-6-8-15-25/h6-8,14-16,23-24,26-28,30H,9-13,17-22H2,1-5H3/t24-,26+,27-,28+,30+,32+,33-/m0/s1. The number of carbonyl (C=O) groups is 1. The second-order valence-corrected chi connectivity index (χ2v) is 13.6. The number of allylic oxidation sites excluding steroid dienone is 2. The molecule has 0 N–H and O–H groups in total. The maximum absolute atomic E-state index is 14.5. The Kier molecular flexibility index (Phi) is 6.96. The molecule has 0 bridgehead atoms. The summed E-state index contributed by atoms with van der Waals surface area (Å²) in [5, 5.41) is 0. The topological polar surface area (TPSA) is 20.3 Å². The van der Waals surface area contributed by atoms with Crippen molar-refractivity contribution in [3.63, 3.8) is 0 Å². The van der Waals surface area contributed by atoms with Crippen molar-refractivity contribution >= 4 is 5.91 Å². The van der Waals surface area contributed by atoms with E-state index in [0.29, 0.717) is 23.2 Å². The minimum Gasteiger partial charge on any atom is -0.311 e. The molecular weight excluding hydrogens is 426 g/mol. The summed E-state index contributed by atoms with van der Waals surface area (Å²) in [4.78, 5) is 16.7. The van der Waals surface area contributed by atoms with E-state index in [1.165, 1.54) is 69.0 Å². The first-order valence-electron chi connectivity index (χ1n) is 14.8. The van der Waals surface area contributed by atoms with Crippen LogP contribution >= 0.6 is 0 Å². The van der Waals surface area contributed by atoms with Gasteiger partial charge in [0, 0.05) is 17.0 Å². The van der Waals surface area contributed by atoms with E-state index in [0.717, 1.165) is 30.7 Å². The van der Waals surface area contributed by atoms with Gasteiger partial charge in [-0.25, -0.2) is 0 Å². The number of nitrogens with zero attached hydrogens (tertiary/aromatic N) is 1. The fourth-order valence-electron chi connectivity index (χ4n) is 9.31. The maximum Gasteiger partial charge on any atom is 0.230 e. The molecule has 1 aromatic carbocycles. The number of carbonyl (C=O) groups excluding carboxylic acids is 1. The van der Waals surface area contributed by atoms with E-state index in [1.54, 1.807) is 0 Å². The number of piperidine rings is 1. The van der Waals surface area contributed by atoms with Crippen molar-refractivity contribution in [3.05, 3.63) is 47.7 Å². The third kappa shape index (κ3) is 4.31. The first-order chi connectivity index (χ1) is 16.8. The summed E-state index contributed by atoms with van der Waals surface area (Å²) in [6.07, 6.45) is 15.3. The van der Waals surface area contributed by atoms with Crippen molar-refractivity contribution in [1.29, 1.82) is 0 Å². The van der Waals surface area contributed by atoms with Gasteiger partial charge < -0.3 is 4.90 Å². The zero-order chi connectivity index (χ0) is 24.8. The molecule has 2 nitrogen and oxygen atoms in total. The Hall–Kier alpha value is -1.57. The fourth-order valence-corrected chi connectivity index (χ4v) is 9.31. The molecule has 2 saturated carbocycles. The van der Waals surface area contributed by atoms with Crippen LogP contribution in [0.15, 0.2) is 42.1 Å². The van der Waals surface area contributed by atoms with E-state index in [-0.39, 0.29) is 11.3 Å². The van der Waals surface area contributed by atoms with Crippen LogP contribution in [0.4, 0.5) is 0 Å². The zero-order valence-corrected chi connectivity index (χ0v) is 23.1. The Balaban J connectivity index is 1.43. The summed E-state index contributed by atoms with van der Waals surface area (Å²) in [6, 6.07) is 10.7. The van der Waals surface area contributed by atoms with E-state index in [4.69, 9.17) is 0 Å². The molecule has 0 aromatic heterocycles. The van der Waals surface area contributed by atoms with Crippen LogP contribution in [0, 0.1) is 46.3 Å². The van der Waals surface area contributed by atoms with Crippen molar-refractivity contribution < 1.29 is 4.79 Å². The van der Waals surface area contributed by atoms with Crippen LogP contribution in [-0.2, 0) is 11.3 Å². The summed E-state index contributed by atoms with van der Waals surface area (Å²) < 4.78 is 0. The van der Waals surface area contributed by atoms with Crippen molar-refractivity contribution in [3.8, 4) is 0 Å². The van der Waals surface area contributed by atoms with Gasteiger partial charge in [0.1, 0.15) is 0 Å². The maximum atomic E-state index is 14.5. The Labute approximate surface area is 214 Å². The van der Waals surface area contributed by atoms with E-state index in [1.807, 2.05) is 0 Å². The Bertz CT molecular complexity index is 934. The molecule has 1 amide bonds. The van der Waals surface area contributed by atoms with Crippen LogP contribution in [-0.4, -0.2) is 10.8 Å². The molecule has 3 fully saturated rings. The lowest BCUT2D eigenvalue weighted by atomic mass is 9.48. The number of hydrogen-bond acceptors (Lipinski definition) is 1. The second kappa shape index (κ2) is 9.71. The van der Waals surface area contributed by atoms with Gasteiger partial charge in [-0.1, -0.05) is 90.3 Å². The molecule has 1 aliphatic heterocycles. The van der Waals surface area contributed by atoms with Gasteiger partial charge in [-0.05, 0) is 85.5 Å². The van der Waals surface area contributed by atoms with E-state index in [9.17, 15) is 4.79 Å². The minimum absolute atomic E-state index is 0.161. The predicted octanol–water partition coefficient (Wildman–Crippen LogP) is 8.62. The Morgan fingerprint density at radius 2 is 1.74 bits per heavy atom. The highest BCUT2D eigenvalue weighted by Crippen LogP contribution is 2.67. The van der Waals surface area contributed by atoms with Gasteiger partial charge in [0.25, 0.3) is 0 Å². The third-order valence-electron chi connectivity index (χ3n) is 11.1. The van der Waals surface area contributed by atoms with Gasteiger partial charge in [-0.3, -0.25) is 4.79 Å². The zero-order valence-electron chi connectivity index (χ0n) is 23.1. The van der Waals surface area contributed by atoms with Gasteiger partial charge in [-0.2, -0.15) is 0 Å². The number of amides is 1. The van der Waals surface area contributed by atoms with Crippen LogP contribution in [0.3, 0.4) is 0 Å². The lowest BCUT2D eigenvalue weighted by molar-refractivity contribution is -0.159. The molecular formula is C33H49NO. The highest BCUT2D eigenvalue weighted by atomic mass is 16.2. The molecule has 35 heavy (non-hydrogen) atoms. The summed E-state index contributed by atoms with van der Waals surface area (Å²) in [5.41, 5.74) is 3.11. The first kappa shape index (κ1) is 25.1. The molecule has 2 heteroatoms. The highest BCUT2D eigenvalue weighted by Gasteiger charge is 2.63. The molecule has 7 atom stereocenters. The quantitative estimate of drug-likeness (QED) is 0.386. The first-order valence-corrected chi connectivity index (χ1v) is 14.8. The monoisotopic (exact) mass is 475 g/mol. The average molecular weight is 476 g/mol. The van der Waals surface area contributed by atoms with Crippen LogP contribution in [0.25, 0.3) is 0 Å². The molecule has 192 valence electrons. The molecule has 3 aliphatic carbocycles. The predicted molar refractivity (Wildman–Crippen MR) is 145 cm³/mol. The van der Waals surface area contributed by atoms with Gasteiger partial charge in [-0.15, -0.1) is 0 Å². The van der Waals surface area contributed by atoms with Crippen molar-refractivity contribution in [2.75, 3.05) is 0 Å². The number of rotatable bonds is 7. The Morgan fingerprint density at radius 3 is 2.49 bits per heavy atom. The van der Waals surface area contributed by atoms with Gasteiger partial charge in [0.05, 0.1) is 6.54 Å². The minimum atomic E-state index is 0.161. The third-order valence-corrected chi connectivity index (χ3v) is 11.1. The molecule has 0 spiro atoms. The molecule has 1 saturated heterocycles. The number of benzene rings is 1. The lowest BCUT2D eigenvalue weighted by Gasteiger charge is -2.60. The number of likely N-dealkylation sites (tertiary alicyclic amines) is 1. The molecule has 0 radical (unpaired) electrons. The summed E-state index contributed by atoms with van der Waals surface area (Å²) in [5.74, 6) is 4.12. The van der Waals surface area contributed by atoms with Gasteiger partial charge in [0.2, 0.25) is 5.91 Å². The molecule has 1 heterocycles. The smallest absolute Gasteiger partial charge is 0.230 e. The van der Waals surface area contributed by atoms with Crippen molar-refractivity contribution in [1.82, 2.24) is 4.90 Å². The number of fused-ring (bicyclic) bond motifs is 5. The number of hydrogen-bond donors (Lipinski definition) is 0.